The van der Waals surface area contributed by atoms with Crippen molar-refractivity contribution in [2.24, 2.45) is 0 Å². The van der Waals surface area contributed by atoms with Crippen molar-refractivity contribution in [3.63, 3.8) is 0 Å². The maximum Gasteiger partial charge on any atom is 0.290 e. The Labute approximate surface area is 97.1 Å². The van der Waals surface area contributed by atoms with E-state index in [1.54, 1.807) is 20.8 Å². The monoisotopic (exact) mass is 223 g/mol. The van der Waals surface area contributed by atoms with Crippen LogP contribution < -0.4 is 0 Å². The molecule has 0 spiro atoms. The Balaban J connectivity index is 5.33. The van der Waals surface area contributed by atoms with E-state index in [-0.39, 0.29) is 0 Å². The van der Waals surface area contributed by atoms with Crippen LogP contribution in [0.15, 0.2) is 0 Å². The van der Waals surface area contributed by atoms with Crippen molar-refractivity contribution in [1.29, 1.82) is 0 Å². The second-order valence-corrected chi connectivity index (χ2v) is 3.81. The summed E-state index contributed by atoms with van der Waals surface area (Å²) in [5.74, 6) is 7.65. The van der Waals surface area contributed by atoms with Gasteiger partial charge in [-0.1, -0.05) is 12.8 Å². The molecule has 0 radical (unpaired) electrons. The minimum Gasteiger partial charge on any atom is -0.313 e. The van der Waals surface area contributed by atoms with Gasteiger partial charge in [0.15, 0.2) is 0 Å². The normalized spacial score (nSPS) is 12.2. The van der Waals surface area contributed by atoms with E-state index < -0.39 is 5.54 Å². The van der Waals surface area contributed by atoms with E-state index >= 15 is 0 Å². The van der Waals surface area contributed by atoms with Crippen LogP contribution >= 0.6 is 0 Å². The summed E-state index contributed by atoms with van der Waals surface area (Å²) in [5, 5.41) is 20.3. The van der Waals surface area contributed by atoms with Crippen molar-refractivity contribution in [3.05, 3.63) is 0 Å². The van der Waals surface area contributed by atoms with E-state index in [1.165, 1.54) is 7.05 Å². The first-order valence-electron chi connectivity index (χ1n) is 5.08. The molecule has 0 saturated carbocycles. The third kappa shape index (κ3) is 3.58. The standard InChI is InChI=1S/C12H19N2O2/c1-6-8-9-10-14(16)11(7-2)12(3,4)13(5)15/h15-16H,7H2,1-5H3/q+1. The highest BCUT2D eigenvalue weighted by Gasteiger charge is 2.36. The molecular formula is C12H19N2O2+. The molecule has 0 aliphatic heterocycles. The Morgan fingerprint density at radius 2 is 1.94 bits per heavy atom. The average molecular weight is 223 g/mol. The summed E-state index contributed by atoms with van der Waals surface area (Å²) in [7, 11) is 1.53. The van der Waals surface area contributed by atoms with E-state index in [1.807, 2.05) is 6.92 Å². The van der Waals surface area contributed by atoms with Gasteiger partial charge >= 0.3 is 0 Å². The first-order chi connectivity index (χ1) is 7.37. The molecule has 0 aromatic rings. The maximum absolute atomic E-state index is 9.74. The van der Waals surface area contributed by atoms with E-state index in [4.69, 9.17) is 0 Å². The Kier molecular flexibility index (Phi) is 5.60. The van der Waals surface area contributed by atoms with Crippen molar-refractivity contribution in [2.75, 3.05) is 7.05 Å². The summed E-state index contributed by atoms with van der Waals surface area (Å²) >= 11 is 0. The highest BCUT2D eigenvalue weighted by molar-refractivity contribution is 5.88. The predicted octanol–water partition coefficient (Wildman–Crippen LogP) is 1.32. The molecule has 0 aliphatic rings. The Hall–Kier alpha value is -1.49. The average Bonchev–Trinajstić information content (AvgIpc) is 2.18. The third-order valence-corrected chi connectivity index (χ3v) is 2.46. The summed E-state index contributed by atoms with van der Waals surface area (Å²) in [6, 6.07) is 2.49. The molecular weight excluding hydrogens is 204 g/mol. The van der Waals surface area contributed by atoms with E-state index in [2.05, 4.69) is 23.8 Å². The van der Waals surface area contributed by atoms with Gasteiger partial charge in [-0.25, -0.2) is 0 Å². The molecule has 0 fully saturated rings. The van der Waals surface area contributed by atoms with Crippen LogP contribution in [0.2, 0.25) is 0 Å². The number of nitrogens with zero attached hydrogens (tertiary/aromatic N) is 2. The van der Waals surface area contributed by atoms with Crippen LogP contribution in [0.25, 0.3) is 0 Å². The maximum atomic E-state index is 9.74. The van der Waals surface area contributed by atoms with Crippen LogP contribution in [-0.4, -0.2) is 38.5 Å². The first kappa shape index (κ1) is 14.5. The zero-order chi connectivity index (χ0) is 12.8. The molecule has 0 aromatic carbocycles. The zero-order valence-electron chi connectivity index (χ0n) is 10.5. The van der Waals surface area contributed by atoms with E-state index in [0.29, 0.717) is 12.1 Å². The molecule has 0 bridgehead atoms. The van der Waals surface area contributed by atoms with Gasteiger partial charge in [-0.05, 0) is 26.7 Å². The molecule has 0 rings (SSSR count). The van der Waals surface area contributed by atoms with E-state index in [9.17, 15) is 10.4 Å². The van der Waals surface area contributed by atoms with Gasteiger partial charge in [0.25, 0.3) is 6.04 Å². The second-order valence-electron chi connectivity index (χ2n) is 3.81. The number of rotatable bonds is 3. The quantitative estimate of drug-likeness (QED) is 0.189. The second kappa shape index (κ2) is 6.17. The fourth-order valence-electron chi connectivity index (χ4n) is 1.24. The van der Waals surface area contributed by atoms with Gasteiger partial charge in [-0.15, -0.1) is 0 Å². The number of hydrogen-bond donors (Lipinski definition) is 2. The Morgan fingerprint density at radius 3 is 2.31 bits per heavy atom. The summed E-state index contributed by atoms with van der Waals surface area (Å²) in [4.78, 5) is 0. The van der Waals surface area contributed by atoms with Crippen molar-refractivity contribution in [3.8, 4) is 23.8 Å². The lowest BCUT2D eigenvalue weighted by Gasteiger charge is -2.27. The van der Waals surface area contributed by atoms with Gasteiger partial charge in [0, 0.05) is 13.5 Å². The largest absolute Gasteiger partial charge is 0.313 e. The van der Waals surface area contributed by atoms with Crippen LogP contribution in [0, 0.1) is 23.8 Å². The predicted molar refractivity (Wildman–Crippen MR) is 62.2 cm³/mol. The number of hydrogen-bond acceptors (Lipinski definition) is 3. The number of hydroxylamine groups is 3. The molecule has 0 amide bonds. The lowest BCUT2D eigenvalue weighted by molar-refractivity contribution is -0.713. The molecule has 0 aromatic heterocycles. The lowest BCUT2D eigenvalue weighted by Crippen LogP contribution is -2.48. The molecule has 0 aliphatic carbocycles. The molecule has 4 heteroatoms. The van der Waals surface area contributed by atoms with Crippen molar-refractivity contribution < 1.29 is 15.2 Å². The smallest absolute Gasteiger partial charge is 0.290 e. The SMILES string of the molecule is CC#CC#C[N+](O)=C(CC)C(C)(C)N(C)O. The fraction of sp³-hybridized carbons (Fsp3) is 0.583. The first-order valence-corrected chi connectivity index (χ1v) is 5.08. The minimum atomic E-state index is -0.683. The van der Waals surface area contributed by atoms with Gasteiger partial charge in [0.05, 0.1) is 10.7 Å². The summed E-state index contributed by atoms with van der Waals surface area (Å²) in [5.41, 5.74) is -0.0828. The van der Waals surface area contributed by atoms with Crippen molar-refractivity contribution in [2.45, 2.75) is 39.7 Å². The molecule has 0 heterocycles. The fourth-order valence-corrected chi connectivity index (χ4v) is 1.24. The molecule has 0 atom stereocenters. The van der Waals surface area contributed by atoms with Crippen LogP contribution in [0.3, 0.4) is 0 Å². The van der Waals surface area contributed by atoms with Crippen molar-refractivity contribution in [1.82, 2.24) is 5.06 Å². The van der Waals surface area contributed by atoms with Gasteiger partial charge in [-0.3, -0.25) is 5.21 Å². The molecule has 88 valence electrons. The van der Waals surface area contributed by atoms with Gasteiger partial charge in [0.1, 0.15) is 5.54 Å². The minimum absolute atomic E-state index is 0.572. The van der Waals surface area contributed by atoms with Crippen LogP contribution in [-0.2, 0) is 0 Å². The van der Waals surface area contributed by atoms with Crippen LogP contribution in [0.5, 0.6) is 0 Å². The molecule has 4 nitrogen and oxygen atoms in total. The molecule has 0 unspecified atom stereocenters. The summed E-state index contributed by atoms with van der Waals surface area (Å²) in [6.07, 6.45) is 0.572. The van der Waals surface area contributed by atoms with Crippen LogP contribution in [0.1, 0.15) is 34.1 Å². The highest BCUT2D eigenvalue weighted by Crippen LogP contribution is 2.14. The van der Waals surface area contributed by atoms with Gasteiger partial charge in [0.2, 0.25) is 5.71 Å². The van der Waals surface area contributed by atoms with Crippen LogP contribution in [0.4, 0.5) is 0 Å². The van der Waals surface area contributed by atoms with Gasteiger partial charge < -0.3 is 5.21 Å². The molecule has 16 heavy (non-hydrogen) atoms. The Bertz CT molecular complexity index is 387. The molecule has 2 N–H and O–H groups in total. The topological polar surface area (TPSA) is 46.7 Å². The summed E-state index contributed by atoms with van der Waals surface area (Å²) < 4.78 is 0.830. The van der Waals surface area contributed by atoms with Gasteiger partial charge in [-0.2, -0.15) is 5.06 Å². The highest BCUT2D eigenvalue weighted by atomic mass is 16.5. The lowest BCUT2D eigenvalue weighted by atomic mass is 9.96. The van der Waals surface area contributed by atoms with Crippen molar-refractivity contribution >= 4 is 5.71 Å². The zero-order valence-corrected chi connectivity index (χ0v) is 10.5. The Morgan fingerprint density at radius 1 is 1.38 bits per heavy atom. The third-order valence-electron chi connectivity index (χ3n) is 2.46. The molecule has 0 saturated heterocycles. The van der Waals surface area contributed by atoms with E-state index in [0.717, 1.165) is 9.80 Å². The summed E-state index contributed by atoms with van der Waals surface area (Å²) in [6.45, 7) is 7.15.